The SMILES string of the molecule is NC(=O)NC1(c2ccc(N)cc2Cl)CCCCC1. The topological polar surface area (TPSA) is 81.1 Å². The highest BCUT2D eigenvalue weighted by atomic mass is 35.5. The summed E-state index contributed by atoms with van der Waals surface area (Å²) >= 11 is 6.26. The van der Waals surface area contributed by atoms with Crippen LogP contribution in [0.2, 0.25) is 5.02 Å². The van der Waals surface area contributed by atoms with Crippen molar-refractivity contribution < 1.29 is 4.79 Å². The molecule has 1 aliphatic rings. The van der Waals surface area contributed by atoms with Crippen LogP contribution in [0.3, 0.4) is 0 Å². The molecule has 1 aromatic rings. The van der Waals surface area contributed by atoms with Crippen LogP contribution < -0.4 is 16.8 Å². The van der Waals surface area contributed by atoms with E-state index in [4.69, 9.17) is 23.1 Å². The van der Waals surface area contributed by atoms with Crippen molar-refractivity contribution >= 4 is 23.3 Å². The van der Waals surface area contributed by atoms with Crippen molar-refractivity contribution in [3.8, 4) is 0 Å². The molecule has 1 saturated carbocycles. The molecule has 0 spiro atoms. The Hall–Kier alpha value is -1.42. The van der Waals surface area contributed by atoms with Gasteiger partial charge in [0.1, 0.15) is 0 Å². The monoisotopic (exact) mass is 267 g/mol. The molecule has 0 radical (unpaired) electrons. The number of carbonyl (C=O) groups excluding carboxylic acids is 1. The molecule has 98 valence electrons. The Morgan fingerprint density at radius 1 is 1.28 bits per heavy atom. The number of benzene rings is 1. The van der Waals surface area contributed by atoms with Crippen LogP contribution in [0, 0.1) is 0 Å². The normalized spacial score (nSPS) is 18.3. The van der Waals surface area contributed by atoms with Crippen LogP contribution in [0.15, 0.2) is 18.2 Å². The van der Waals surface area contributed by atoms with E-state index in [1.165, 1.54) is 6.42 Å². The number of primary amides is 1. The number of nitrogens with two attached hydrogens (primary N) is 2. The molecule has 1 aromatic carbocycles. The minimum atomic E-state index is -0.509. The minimum absolute atomic E-state index is 0.436. The van der Waals surface area contributed by atoms with Crippen LogP contribution in [-0.4, -0.2) is 6.03 Å². The number of urea groups is 1. The molecule has 0 saturated heterocycles. The summed E-state index contributed by atoms with van der Waals surface area (Å²) in [6.45, 7) is 0. The lowest BCUT2D eigenvalue weighted by Gasteiger charge is -2.38. The van der Waals surface area contributed by atoms with Gasteiger partial charge >= 0.3 is 6.03 Å². The molecule has 0 bridgehead atoms. The summed E-state index contributed by atoms with van der Waals surface area (Å²) < 4.78 is 0. The number of anilines is 1. The molecule has 0 aromatic heterocycles. The van der Waals surface area contributed by atoms with E-state index in [0.29, 0.717) is 10.7 Å². The molecule has 0 atom stereocenters. The largest absolute Gasteiger partial charge is 0.399 e. The van der Waals surface area contributed by atoms with Gasteiger partial charge in [-0.25, -0.2) is 4.79 Å². The molecule has 1 fully saturated rings. The summed E-state index contributed by atoms with van der Waals surface area (Å²) in [5.74, 6) is 0. The third kappa shape index (κ3) is 2.53. The average molecular weight is 268 g/mol. The zero-order chi connectivity index (χ0) is 13.2. The number of halogens is 1. The Bertz CT molecular complexity index is 456. The van der Waals surface area contributed by atoms with Gasteiger partial charge in [0.25, 0.3) is 0 Å². The number of rotatable bonds is 2. The van der Waals surface area contributed by atoms with Gasteiger partial charge in [0.15, 0.2) is 0 Å². The molecular weight excluding hydrogens is 250 g/mol. The molecule has 2 amide bonds. The number of nitrogens with one attached hydrogen (secondary N) is 1. The van der Waals surface area contributed by atoms with Crippen molar-refractivity contribution in [3.63, 3.8) is 0 Å². The summed E-state index contributed by atoms with van der Waals surface area (Å²) in [7, 11) is 0. The van der Waals surface area contributed by atoms with E-state index in [1.807, 2.05) is 6.07 Å². The van der Waals surface area contributed by atoms with Gasteiger partial charge < -0.3 is 16.8 Å². The molecule has 1 aliphatic carbocycles. The van der Waals surface area contributed by atoms with Crippen molar-refractivity contribution in [2.24, 2.45) is 5.73 Å². The zero-order valence-electron chi connectivity index (χ0n) is 10.2. The van der Waals surface area contributed by atoms with E-state index in [2.05, 4.69) is 5.32 Å². The summed E-state index contributed by atoms with van der Waals surface area (Å²) in [5.41, 5.74) is 12.1. The van der Waals surface area contributed by atoms with Crippen molar-refractivity contribution in [1.29, 1.82) is 0 Å². The quantitative estimate of drug-likeness (QED) is 0.720. The number of hydrogen-bond donors (Lipinski definition) is 3. The van der Waals surface area contributed by atoms with E-state index in [-0.39, 0.29) is 0 Å². The molecule has 4 nitrogen and oxygen atoms in total. The molecule has 2 rings (SSSR count). The van der Waals surface area contributed by atoms with E-state index in [9.17, 15) is 4.79 Å². The highest BCUT2D eigenvalue weighted by Crippen LogP contribution is 2.40. The van der Waals surface area contributed by atoms with E-state index < -0.39 is 11.6 Å². The second-order valence-corrected chi connectivity index (χ2v) is 5.28. The molecular formula is C13H18ClN3O. The third-order valence-electron chi connectivity index (χ3n) is 3.58. The van der Waals surface area contributed by atoms with Gasteiger partial charge in [0.2, 0.25) is 0 Å². The number of hydrogen-bond acceptors (Lipinski definition) is 2. The smallest absolute Gasteiger partial charge is 0.312 e. The Kier molecular flexibility index (Phi) is 3.66. The standard InChI is InChI=1S/C13H18ClN3O/c14-11-8-9(15)4-5-10(11)13(17-12(16)18)6-2-1-3-7-13/h4-5,8H,1-3,6-7,15H2,(H3,16,17,18). The maximum atomic E-state index is 11.3. The maximum absolute atomic E-state index is 11.3. The van der Waals surface area contributed by atoms with Crippen molar-refractivity contribution in [2.45, 2.75) is 37.6 Å². The van der Waals surface area contributed by atoms with Crippen LogP contribution in [0.5, 0.6) is 0 Å². The number of nitrogen functional groups attached to an aromatic ring is 1. The summed E-state index contributed by atoms with van der Waals surface area (Å²) in [6.07, 6.45) is 5.01. The highest BCUT2D eigenvalue weighted by Gasteiger charge is 2.36. The molecule has 18 heavy (non-hydrogen) atoms. The molecule has 0 heterocycles. The molecule has 0 unspecified atom stereocenters. The summed E-state index contributed by atoms with van der Waals surface area (Å²) in [6, 6.07) is 4.90. The van der Waals surface area contributed by atoms with Gasteiger partial charge in [-0.15, -0.1) is 0 Å². The van der Waals surface area contributed by atoms with Crippen LogP contribution in [-0.2, 0) is 5.54 Å². The van der Waals surface area contributed by atoms with Gasteiger partial charge in [-0.2, -0.15) is 0 Å². The number of carbonyl (C=O) groups is 1. The lowest BCUT2D eigenvalue weighted by atomic mass is 9.76. The Labute approximate surface area is 112 Å². The molecule has 5 heteroatoms. The Morgan fingerprint density at radius 3 is 2.50 bits per heavy atom. The van der Waals surface area contributed by atoms with Gasteiger partial charge in [0.05, 0.1) is 5.54 Å². The summed E-state index contributed by atoms with van der Waals surface area (Å²) in [5, 5.41) is 3.47. The third-order valence-corrected chi connectivity index (χ3v) is 3.89. The van der Waals surface area contributed by atoms with Crippen molar-refractivity contribution in [2.75, 3.05) is 5.73 Å². The molecule has 0 aliphatic heterocycles. The fraction of sp³-hybridized carbons (Fsp3) is 0.462. The predicted molar refractivity (Wildman–Crippen MR) is 73.3 cm³/mol. The van der Waals surface area contributed by atoms with E-state index in [0.717, 1.165) is 31.2 Å². The zero-order valence-corrected chi connectivity index (χ0v) is 11.0. The number of amides is 2. The lowest BCUT2D eigenvalue weighted by Crippen LogP contribution is -2.49. The van der Waals surface area contributed by atoms with Gasteiger partial charge in [-0.05, 0) is 30.5 Å². The van der Waals surface area contributed by atoms with Crippen LogP contribution in [0.25, 0.3) is 0 Å². The fourth-order valence-corrected chi connectivity index (χ4v) is 3.14. The Balaban J connectivity index is 2.41. The van der Waals surface area contributed by atoms with Gasteiger partial charge in [0, 0.05) is 10.7 Å². The second-order valence-electron chi connectivity index (χ2n) is 4.87. The Morgan fingerprint density at radius 2 is 1.94 bits per heavy atom. The first-order valence-electron chi connectivity index (χ1n) is 6.17. The first-order chi connectivity index (χ1) is 8.53. The second kappa shape index (κ2) is 5.06. The van der Waals surface area contributed by atoms with Gasteiger partial charge in [-0.3, -0.25) is 0 Å². The predicted octanol–water partition coefficient (Wildman–Crippen LogP) is 2.75. The minimum Gasteiger partial charge on any atom is -0.399 e. The van der Waals surface area contributed by atoms with Crippen LogP contribution in [0.1, 0.15) is 37.7 Å². The van der Waals surface area contributed by atoms with Gasteiger partial charge in [-0.1, -0.05) is 36.9 Å². The maximum Gasteiger partial charge on any atom is 0.312 e. The van der Waals surface area contributed by atoms with Crippen LogP contribution in [0.4, 0.5) is 10.5 Å². The first kappa shape index (κ1) is 13.0. The van der Waals surface area contributed by atoms with E-state index in [1.54, 1.807) is 12.1 Å². The lowest BCUT2D eigenvalue weighted by molar-refractivity contribution is 0.210. The van der Waals surface area contributed by atoms with Crippen molar-refractivity contribution in [3.05, 3.63) is 28.8 Å². The first-order valence-corrected chi connectivity index (χ1v) is 6.54. The fourth-order valence-electron chi connectivity index (χ4n) is 2.77. The van der Waals surface area contributed by atoms with Crippen LogP contribution >= 0.6 is 11.6 Å². The highest BCUT2D eigenvalue weighted by molar-refractivity contribution is 6.31. The van der Waals surface area contributed by atoms with Crippen molar-refractivity contribution in [1.82, 2.24) is 5.32 Å². The summed E-state index contributed by atoms with van der Waals surface area (Å²) in [4.78, 5) is 11.3. The van der Waals surface area contributed by atoms with E-state index >= 15 is 0 Å². The molecule has 5 N–H and O–H groups in total. The average Bonchev–Trinajstić information content (AvgIpc) is 2.28.